The van der Waals surface area contributed by atoms with Crippen molar-refractivity contribution < 1.29 is 4.42 Å². The first-order valence-electron chi connectivity index (χ1n) is 17.2. The molecule has 2 aromatic heterocycles. The van der Waals surface area contributed by atoms with Crippen molar-refractivity contribution in [2.45, 2.75) is 0 Å². The highest BCUT2D eigenvalue weighted by Crippen LogP contribution is 2.39. The fourth-order valence-corrected chi connectivity index (χ4v) is 7.27. The van der Waals surface area contributed by atoms with Gasteiger partial charge >= 0.3 is 0 Å². The fourth-order valence-electron chi connectivity index (χ4n) is 7.27. The number of rotatable bonds is 5. The molecule has 0 unspecified atom stereocenters. The monoisotopic (exact) mass is 650 g/mol. The SMILES string of the molecule is c1ccc(-c2cc(-c3cc(-c4ccc5ccccc5c4)cc(-c4ccc5oc6ccc7ccccc7c6c5c4)c3)nc(-c3ccccc3)n2)cc1. The summed E-state index contributed by atoms with van der Waals surface area (Å²) in [6.45, 7) is 0. The predicted molar refractivity (Wildman–Crippen MR) is 212 cm³/mol. The van der Waals surface area contributed by atoms with E-state index < -0.39 is 0 Å². The third kappa shape index (κ3) is 5.24. The summed E-state index contributed by atoms with van der Waals surface area (Å²) in [5, 5.41) is 7.08. The molecule has 0 aliphatic heterocycles. The van der Waals surface area contributed by atoms with Crippen LogP contribution in [0, 0.1) is 0 Å². The summed E-state index contributed by atoms with van der Waals surface area (Å²) in [5.41, 5.74) is 11.1. The van der Waals surface area contributed by atoms with Crippen LogP contribution in [0.2, 0.25) is 0 Å². The lowest BCUT2D eigenvalue weighted by Gasteiger charge is -2.14. The van der Waals surface area contributed by atoms with Crippen LogP contribution >= 0.6 is 0 Å². The third-order valence-corrected chi connectivity index (χ3v) is 9.83. The Morgan fingerprint density at radius 2 is 0.882 bits per heavy atom. The number of furan rings is 1. The van der Waals surface area contributed by atoms with E-state index >= 15 is 0 Å². The van der Waals surface area contributed by atoms with Gasteiger partial charge in [0.15, 0.2) is 5.82 Å². The number of benzene rings is 8. The minimum atomic E-state index is 0.697. The minimum absolute atomic E-state index is 0.697. The zero-order chi connectivity index (χ0) is 33.7. The lowest BCUT2D eigenvalue weighted by atomic mass is 9.93. The lowest BCUT2D eigenvalue weighted by molar-refractivity contribution is 0.669. The molecule has 238 valence electrons. The summed E-state index contributed by atoms with van der Waals surface area (Å²) in [6.07, 6.45) is 0. The van der Waals surface area contributed by atoms with Crippen molar-refractivity contribution in [3.05, 3.63) is 182 Å². The van der Waals surface area contributed by atoms with E-state index in [0.717, 1.165) is 72.3 Å². The van der Waals surface area contributed by atoms with Crippen LogP contribution in [0.3, 0.4) is 0 Å². The molecule has 0 radical (unpaired) electrons. The fraction of sp³-hybridized carbons (Fsp3) is 0. The average Bonchev–Trinajstić information content (AvgIpc) is 3.59. The van der Waals surface area contributed by atoms with Crippen LogP contribution in [0.1, 0.15) is 0 Å². The van der Waals surface area contributed by atoms with Crippen LogP contribution in [0.15, 0.2) is 186 Å². The Bertz CT molecular complexity index is 2850. The quantitative estimate of drug-likeness (QED) is 0.186. The molecule has 3 heteroatoms. The molecule has 0 spiro atoms. The molecule has 0 bridgehead atoms. The second-order valence-electron chi connectivity index (χ2n) is 13.0. The molecule has 0 saturated carbocycles. The normalized spacial score (nSPS) is 11.5. The standard InChI is InChI=1S/C48H30N2O/c1-3-13-33(14-4-1)43-30-44(50-48(49-43)34-15-5-2-6-16-34)40-27-38(36-20-19-31-11-7-8-17-35(31)25-36)26-39(28-40)37-22-23-45-42(29-37)47-41-18-10-9-12-32(41)21-24-46(47)51-45/h1-30H. The summed E-state index contributed by atoms with van der Waals surface area (Å²) in [5.74, 6) is 0.697. The Morgan fingerprint density at radius 1 is 0.314 bits per heavy atom. The highest BCUT2D eigenvalue weighted by atomic mass is 16.3. The Labute approximate surface area is 295 Å². The molecule has 0 amide bonds. The number of hydrogen-bond donors (Lipinski definition) is 0. The predicted octanol–water partition coefficient (Wildman–Crippen LogP) is 13.0. The first-order valence-corrected chi connectivity index (χ1v) is 17.2. The van der Waals surface area contributed by atoms with Crippen LogP contribution in [0.5, 0.6) is 0 Å². The maximum atomic E-state index is 6.37. The van der Waals surface area contributed by atoms with Gasteiger partial charge in [-0.25, -0.2) is 9.97 Å². The zero-order valence-corrected chi connectivity index (χ0v) is 27.6. The van der Waals surface area contributed by atoms with Gasteiger partial charge in [-0.3, -0.25) is 0 Å². The van der Waals surface area contributed by atoms with Gasteiger partial charge in [0.2, 0.25) is 0 Å². The van der Waals surface area contributed by atoms with E-state index in [9.17, 15) is 0 Å². The van der Waals surface area contributed by atoms with Crippen LogP contribution in [0.4, 0.5) is 0 Å². The van der Waals surface area contributed by atoms with Gasteiger partial charge in [-0.1, -0.05) is 133 Å². The van der Waals surface area contributed by atoms with Crippen molar-refractivity contribution in [2.24, 2.45) is 0 Å². The van der Waals surface area contributed by atoms with Crippen LogP contribution in [0.25, 0.3) is 99.6 Å². The largest absolute Gasteiger partial charge is 0.456 e. The Kier molecular flexibility index (Phi) is 6.81. The van der Waals surface area contributed by atoms with E-state index in [1.54, 1.807) is 0 Å². The lowest BCUT2D eigenvalue weighted by Crippen LogP contribution is -1.96. The molecule has 0 N–H and O–H groups in total. The highest BCUT2D eigenvalue weighted by Gasteiger charge is 2.16. The number of hydrogen-bond acceptors (Lipinski definition) is 3. The van der Waals surface area contributed by atoms with Gasteiger partial charge in [-0.2, -0.15) is 0 Å². The van der Waals surface area contributed by atoms with E-state index in [2.05, 4.69) is 158 Å². The number of fused-ring (bicyclic) bond motifs is 6. The van der Waals surface area contributed by atoms with Crippen LogP contribution in [-0.2, 0) is 0 Å². The third-order valence-electron chi connectivity index (χ3n) is 9.83. The number of aromatic nitrogens is 2. The molecule has 10 aromatic rings. The summed E-state index contributed by atoms with van der Waals surface area (Å²) < 4.78 is 6.37. The van der Waals surface area contributed by atoms with Crippen LogP contribution < -0.4 is 0 Å². The van der Waals surface area contributed by atoms with Gasteiger partial charge in [-0.15, -0.1) is 0 Å². The molecule has 51 heavy (non-hydrogen) atoms. The molecule has 0 aliphatic rings. The van der Waals surface area contributed by atoms with Gasteiger partial charge in [0, 0.05) is 27.5 Å². The summed E-state index contributed by atoms with van der Waals surface area (Å²) in [4.78, 5) is 10.3. The molecule has 0 saturated heterocycles. The van der Waals surface area contributed by atoms with Crippen molar-refractivity contribution in [3.8, 4) is 56.2 Å². The Hall–Kier alpha value is -6.84. The summed E-state index contributed by atoms with van der Waals surface area (Å²) >= 11 is 0. The summed E-state index contributed by atoms with van der Waals surface area (Å²) in [7, 11) is 0. The van der Waals surface area contributed by atoms with Crippen molar-refractivity contribution in [1.29, 1.82) is 0 Å². The molecule has 0 fully saturated rings. The maximum absolute atomic E-state index is 6.37. The molecule has 2 heterocycles. The van der Waals surface area contributed by atoms with Gasteiger partial charge in [-0.05, 0) is 92.3 Å². The van der Waals surface area contributed by atoms with E-state index in [4.69, 9.17) is 14.4 Å². The minimum Gasteiger partial charge on any atom is -0.456 e. The van der Waals surface area contributed by atoms with E-state index in [1.807, 2.05) is 24.3 Å². The maximum Gasteiger partial charge on any atom is 0.160 e. The number of nitrogens with zero attached hydrogens (tertiary/aromatic N) is 2. The molecule has 8 aromatic carbocycles. The van der Waals surface area contributed by atoms with Crippen molar-refractivity contribution in [2.75, 3.05) is 0 Å². The van der Waals surface area contributed by atoms with E-state index in [1.165, 1.54) is 21.5 Å². The summed E-state index contributed by atoms with van der Waals surface area (Å²) in [6, 6.07) is 64.0. The van der Waals surface area contributed by atoms with Gasteiger partial charge in [0.05, 0.1) is 11.4 Å². The zero-order valence-electron chi connectivity index (χ0n) is 27.6. The van der Waals surface area contributed by atoms with Crippen molar-refractivity contribution in [3.63, 3.8) is 0 Å². The average molecular weight is 651 g/mol. The molecule has 0 atom stereocenters. The van der Waals surface area contributed by atoms with E-state index in [-0.39, 0.29) is 0 Å². The van der Waals surface area contributed by atoms with Gasteiger partial charge < -0.3 is 4.42 Å². The Balaban J connectivity index is 1.22. The molecule has 10 rings (SSSR count). The Morgan fingerprint density at radius 3 is 1.67 bits per heavy atom. The molecular formula is C48H30N2O. The topological polar surface area (TPSA) is 38.9 Å². The van der Waals surface area contributed by atoms with Crippen molar-refractivity contribution in [1.82, 2.24) is 9.97 Å². The highest BCUT2D eigenvalue weighted by molar-refractivity contribution is 6.19. The molecule has 3 nitrogen and oxygen atoms in total. The first kappa shape index (κ1) is 29.1. The van der Waals surface area contributed by atoms with Gasteiger partial charge in [0.25, 0.3) is 0 Å². The molecule has 0 aliphatic carbocycles. The van der Waals surface area contributed by atoms with E-state index in [0.29, 0.717) is 5.82 Å². The molecular weight excluding hydrogens is 621 g/mol. The van der Waals surface area contributed by atoms with Gasteiger partial charge in [0.1, 0.15) is 11.2 Å². The smallest absolute Gasteiger partial charge is 0.160 e. The van der Waals surface area contributed by atoms with Crippen molar-refractivity contribution >= 4 is 43.5 Å². The van der Waals surface area contributed by atoms with Crippen LogP contribution in [-0.4, -0.2) is 9.97 Å². The second kappa shape index (κ2) is 11.9. The first-order chi connectivity index (χ1) is 25.2. The second-order valence-corrected chi connectivity index (χ2v) is 13.0.